The summed E-state index contributed by atoms with van der Waals surface area (Å²) in [6.07, 6.45) is 6.76. The number of carbonyl (C=O) groups excluding carboxylic acids is 1. The molecule has 2 unspecified atom stereocenters. The number of nitrogens with zero attached hydrogens (tertiary/aromatic N) is 2. The molecular weight excluding hydrogens is 340 g/mol. The molecule has 27 heavy (non-hydrogen) atoms. The summed E-state index contributed by atoms with van der Waals surface area (Å²) < 4.78 is 10.9. The van der Waals surface area contributed by atoms with Crippen molar-refractivity contribution < 1.29 is 14.3 Å². The Morgan fingerprint density at radius 1 is 1.04 bits per heavy atom. The normalized spacial score (nSPS) is 29.0. The number of hydrogen-bond acceptors (Lipinski definition) is 4. The number of benzene rings is 1. The smallest absolute Gasteiger partial charge is 0.410 e. The zero-order valence-electron chi connectivity index (χ0n) is 16.6. The van der Waals surface area contributed by atoms with Gasteiger partial charge in [0.2, 0.25) is 0 Å². The Morgan fingerprint density at radius 3 is 2.33 bits per heavy atom. The van der Waals surface area contributed by atoms with Crippen LogP contribution in [-0.4, -0.2) is 60.8 Å². The number of piperidine rings is 2. The fourth-order valence-corrected chi connectivity index (χ4v) is 5.52. The second-order valence-corrected chi connectivity index (χ2v) is 8.17. The maximum Gasteiger partial charge on any atom is 0.410 e. The van der Waals surface area contributed by atoms with Crippen molar-refractivity contribution in [2.75, 3.05) is 26.8 Å². The number of amides is 1. The summed E-state index contributed by atoms with van der Waals surface area (Å²) in [6.45, 7) is 4.64. The molecule has 1 aromatic rings. The van der Waals surface area contributed by atoms with E-state index in [2.05, 4.69) is 23.1 Å². The summed E-state index contributed by atoms with van der Waals surface area (Å²) in [4.78, 5) is 17.0. The number of methoxy groups -OCH3 is 1. The molecule has 1 amide bonds. The van der Waals surface area contributed by atoms with Crippen LogP contribution in [-0.2, 0) is 4.74 Å². The molecule has 2 bridgehead atoms. The van der Waals surface area contributed by atoms with E-state index in [4.69, 9.17) is 9.47 Å². The predicted molar refractivity (Wildman–Crippen MR) is 105 cm³/mol. The average Bonchev–Trinajstić information content (AvgIpc) is 2.98. The van der Waals surface area contributed by atoms with Gasteiger partial charge in [0.25, 0.3) is 0 Å². The molecule has 3 saturated heterocycles. The maximum absolute atomic E-state index is 12.3. The molecule has 3 aliphatic heterocycles. The van der Waals surface area contributed by atoms with Gasteiger partial charge in [-0.1, -0.05) is 18.2 Å². The summed E-state index contributed by atoms with van der Waals surface area (Å²) in [5.41, 5.74) is 1.36. The first kappa shape index (κ1) is 18.6. The fraction of sp³-hybridized carbons (Fsp3) is 0.682. The zero-order valence-corrected chi connectivity index (χ0v) is 16.6. The number of carbonyl (C=O) groups is 1. The van der Waals surface area contributed by atoms with Crippen LogP contribution in [0.1, 0.15) is 56.9 Å². The zero-order chi connectivity index (χ0) is 18.8. The van der Waals surface area contributed by atoms with Crippen molar-refractivity contribution in [2.45, 2.75) is 69.5 Å². The van der Waals surface area contributed by atoms with Crippen molar-refractivity contribution in [3.63, 3.8) is 0 Å². The highest BCUT2D eigenvalue weighted by atomic mass is 16.6. The van der Waals surface area contributed by atoms with Crippen LogP contribution in [0.5, 0.6) is 5.75 Å². The Bertz CT molecular complexity index is 643. The van der Waals surface area contributed by atoms with Gasteiger partial charge in [-0.2, -0.15) is 0 Å². The SMILES string of the molecule is CCOC(=O)N1C2CCC1CC(N1CCC(c3ccccc3OC)CC1)C2. The van der Waals surface area contributed by atoms with Gasteiger partial charge in [-0.3, -0.25) is 0 Å². The van der Waals surface area contributed by atoms with Crippen molar-refractivity contribution >= 4 is 6.09 Å². The quantitative estimate of drug-likeness (QED) is 0.800. The Kier molecular flexibility index (Phi) is 5.58. The minimum absolute atomic E-state index is 0.0988. The van der Waals surface area contributed by atoms with Crippen LogP contribution in [0.4, 0.5) is 4.79 Å². The molecular formula is C22H32N2O3. The second kappa shape index (κ2) is 8.09. The van der Waals surface area contributed by atoms with Crippen molar-refractivity contribution in [1.82, 2.24) is 9.80 Å². The first-order chi connectivity index (χ1) is 13.2. The number of para-hydroxylation sites is 1. The summed E-state index contributed by atoms with van der Waals surface area (Å²) in [7, 11) is 1.76. The van der Waals surface area contributed by atoms with Gasteiger partial charge in [-0.05, 0) is 76.1 Å². The lowest BCUT2D eigenvalue weighted by atomic mass is 9.86. The molecule has 1 aromatic carbocycles. The first-order valence-corrected chi connectivity index (χ1v) is 10.5. The number of rotatable bonds is 4. The van der Waals surface area contributed by atoms with E-state index in [0.29, 0.717) is 30.7 Å². The van der Waals surface area contributed by atoms with Crippen LogP contribution in [0.15, 0.2) is 24.3 Å². The molecule has 0 aliphatic carbocycles. The Morgan fingerprint density at radius 2 is 1.70 bits per heavy atom. The standard InChI is InChI=1S/C22H32N2O3/c1-3-27-22(25)24-17-8-9-18(24)15-19(14-17)23-12-10-16(11-13-23)20-6-4-5-7-21(20)26-2/h4-7,16-19H,3,8-15H2,1-2H3. The minimum atomic E-state index is -0.0988. The molecule has 5 nitrogen and oxygen atoms in total. The van der Waals surface area contributed by atoms with E-state index in [0.717, 1.165) is 44.5 Å². The van der Waals surface area contributed by atoms with Gasteiger partial charge in [0.05, 0.1) is 13.7 Å². The number of fused-ring (bicyclic) bond motifs is 2. The van der Waals surface area contributed by atoms with Crippen LogP contribution in [0, 0.1) is 0 Å². The molecule has 148 valence electrons. The van der Waals surface area contributed by atoms with Crippen LogP contribution < -0.4 is 4.74 Å². The van der Waals surface area contributed by atoms with Gasteiger partial charge in [-0.25, -0.2) is 4.79 Å². The maximum atomic E-state index is 12.3. The third-order valence-corrected chi connectivity index (χ3v) is 6.81. The van der Waals surface area contributed by atoms with E-state index in [-0.39, 0.29) is 6.09 Å². The average molecular weight is 373 g/mol. The molecule has 0 N–H and O–H groups in total. The number of likely N-dealkylation sites (tertiary alicyclic amines) is 1. The van der Waals surface area contributed by atoms with E-state index in [9.17, 15) is 4.79 Å². The highest BCUT2D eigenvalue weighted by molar-refractivity contribution is 5.69. The lowest BCUT2D eigenvalue weighted by molar-refractivity contribution is 0.0340. The van der Waals surface area contributed by atoms with Crippen LogP contribution in [0.25, 0.3) is 0 Å². The minimum Gasteiger partial charge on any atom is -0.496 e. The molecule has 3 aliphatic rings. The largest absolute Gasteiger partial charge is 0.496 e. The summed E-state index contributed by atoms with van der Waals surface area (Å²) in [6, 6.07) is 9.82. The Balaban J connectivity index is 1.35. The summed E-state index contributed by atoms with van der Waals surface area (Å²) >= 11 is 0. The van der Waals surface area contributed by atoms with Gasteiger partial charge >= 0.3 is 6.09 Å². The lowest BCUT2D eigenvalue weighted by Crippen LogP contribution is -2.53. The van der Waals surface area contributed by atoms with E-state index in [1.54, 1.807) is 7.11 Å². The highest BCUT2D eigenvalue weighted by Crippen LogP contribution is 2.40. The van der Waals surface area contributed by atoms with E-state index in [1.165, 1.54) is 18.4 Å². The molecule has 3 fully saturated rings. The molecule has 5 heteroatoms. The van der Waals surface area contributed by atoms with Crippen molar-refractivity contribution in [1.29, 1.82) is 0 Å². The third-order valence-electron chi connectivity index (χ3n) is 6.81. The summed E-state index contributed by atoms with van der Waals surface area (Å²) in [5.74, 6) is 1.62. The van der Waals surface area contributed by atoms with Crippen LogP contribution in [0.3, 0.4) is 0 Å². The van der Waals surface area contributed by atoms with Gasteiger partial charge in [-0.15, -0.1) is 0 Å². The highest BCUT2D eigenvalue weighted by Gasteiger charge is 2.45. The van der Waals surface area contributed by atoms with E-state index < -0.39 is 0 Å². The van der Waals surface area contributed by atoms with Gasteiger partial charge < -0.3 is 19.3 Å². The third kappa shape index (κ3) is 3.66. The number of hydrogen-bond donors (Lipinski definition) is 0. The Labute approximate surface area is 162 Å². The van der Waals surface area contributed by atoms with Gasteiger partial charge in [0, 0.05) is 18.1 Å². The first-order valence-electron chi connectivity index (χ1n) is 10.5. The molecule has 0 spiro atoms. The number of ether oxygens (including phenoxy) is 2. The molecule has 0 aromatic heterocycles. The van der Waals surface area contributed by atoms with E-state index in [1.807, 2.05) is 17.9 Å². The van der Waals surface area contributed by atoms with Crippen molar-refractivity contribution in [3.05, 3.63) is 29.8 Å². The van der Waals surface area contributed by atoms with Crippen molar-refractivity contribution in [3.8, 4) is 5.75 Å². The monoisotopic (exact) mass is 372 g/mol. The van der Waals surface area contributed by atoms with Crippen LogP contribution >= 0.6 is 0 Å². The fourth-order valence-electron chi connectivity index (χ4n) is 5.52. The predicted octanol–water partition coefficient (Wildman–Crippen LogP) is 4.03. The van der Waals surface area contributed by atoms with E-state index >= 15 is 0 Å². The molecule has 4 rings (SSSR count). The molecule has 0 saturated carbocycles. The molecule has 0 radical (unpaired) electrons. The van der Waals surface area contributed by atoms with Gasteiger partial charge in [0.15, 0.2) is 0 Å². The lowest BCUT2D eigenvalue weighted by Gasteiger charge is -2.45. The van der Waals surface area contributed by atoms with Crippen LogP contribution in [0.2, 0.25) is 0 Å². The molecule has 2 atom stereocenters. The topological polar surface area (TPSA) is 42.0 Å². The Hall–Kier alpha value is -1.75. The van der Waals surface area contributed by atoms with Gasteiger partial charge in [0.1, 0.15) is 5.75 Å². The molecule has 3 heterocycles. The summed E-state index contributed by atoms with van der Waals surface area (Å²) in [5, 5.41) is 0. The van der Waals surface area contributed by atoms with Crippen molar-refractivity contribution in [2.24, 2.45) is 0 Å². The second-order valence-electron chi connectivity index (χ2n) is 8.17.